The molecule has 0 unspecified atom stereocenters. The molecule has 0 aliphatic carbocycles. The van der Waals surface area contributed by atoms with Crippen molar-refractivity contribution in [2.75, 3.05) is 20.3 Å². The van der Waals surface area contributed by atoms with Gasteiger partial charge in [-0.25, -0.2) is 0 Å². The predicted octanol–water partition coefficient (Wildman–Crippen LogP) is 1.97. The first-order chi connectivity index (χ1) is 12.6. The Hall–Kier alpha value is -1.77. The van der Waals surface area contributed by atoms with Crippen molar-refractivity contribution in [1.82, 2.24) is 0 Å². The minimum absolute atomic E-state index is 0.255. The summed E-state index contributed by atoms with van der Waals surface area (Å²) in [6.45, 7) is 5.53. The maximum Gasteiger partial charge on any atom is 0.303 e. The summed E-state index contributed by atoms with van der Waals surface area (Å²) < 4.78 is 34.5. The van der Waals surface area contributed by atoms with Gasteiger partial charge < -0.3 is 28.4 Å². The lowest BCUT2D eigenvalue weighted by Gasteiger charge is -2.48. The summed E-state index contributed by atoms with van der Waals surface area (Å²) in [5.74, 6) is -0.446. The van der Waals surface area contributed by atoms with Crippen molar-refractivity contribution >= 4 is 5.97 Å². The van der Waals surface area contributed by atoms with Crippen molar-refractivity contribution < 1.29 is 33.2 Å². The van der Waals surface area contributed by atoms with Crippen molar-refractivity contribution in [2.24, 2.45) is 0 Å². The highest BCUT2D eigenvalue weighted by molar-refractivity contribution is 5.66. The highest BCUT2D eigenvalue weighted by Gasteiger charge is 2.52. The van der Waals surface area contributed by atoms with Gasteiger partial charge in [0, 0.05) is 19.6 Å². The summed E-state index contributed by atoms with van der Waals surface area (Å²) in [6, 6.07) is 9.61. The molecule has 7 nitrogen and oxygen atoms in total. The van der Waals surface area contributed by atoms with Crippen LogP contribution in [-0.2, 0) is 33.2 Å². The molecule has 1 aromatic carbocycles. The predicted molar refractivity (Wildman–Crippen MR) is 91.2 cm³/mol. The van der Waals surface area contributed by atoms with Crippen LogP contribution in [0.25, 0.3) is 0 Å². The summed E-state index contributed by atoms with van der Waals surface area (Å²) in [6.07, 6.45) is -1.91. The van der Waals surface area contributed by atoms with E-state index < -0.39 is 43.0 Å². The van der Waals surface area contributed by atoms with Crippen LogP contribution >= 0.6 is 0 Å². The van der Waals surface area contributed by atoms with Crippen LogP contribution in [0.1, 0.15) is 18.8 Å². The van der Waals surface area contributed by atoms with Gasteiger partial charge in [-0.1, -0.05) is 36.4 Å². The van der Waals surface area contributed by atoms with Crippen LogP contribution in [0.3, 0.4) is 0 Å². The van der Waals surface area contributed by atoms with Gasteiger partial charge in [-0.3, -0.25) is 4.79 Å². The van der Waals surface area contributed by atoms with Gasteiger partial charge in [-0.15, -0.1) is 6.58 Å². The molecule has 0 bridgehead atoms. The molecule has 2 aliphatic heterocycles. The first-order valence-electron chi connectivity index (χ1n) is 8.54. The topological polar surface area (TPSA) is 72.5 Å². The van der Waals surface area contributed by atoms with Gasteiger partial charge in [0.15, 0.2) is 18.7 Å². The van der Waals surface area contributed by atoms with Gasteiger partial charge in [0.1, 0.15) is 18.3 Å². The molecule has 26 heavy (non-hydrogen) atoms. The highest BCUT2D eigenvalue weighted by Crippen LogP contribution is 2.36. The zero-order valence-electron chi connectivity index (χ0n) is 14.9. The lowest BCUT2D eigenvalue weighted by atomic mass is 9.97. The van der Waals surface area contributed by atoms with Crippen LogP contribution in [0.2, 0.25) is 0 Å². The van der Waals surface area contributed by atoms with Crippen LogP contribution in [0.4, 0.5) is 0 Å². The van der Waals surface area contributed by atoms with Crippen molar-refractivity contribution in [3.63, 3.8) is 0 Å². The second kappa shape index (κ2) is 8.75. The van der Waals surface area contributed by atoms with Crippen LogP contribution < -0.4 is 0 Å². The molecule has 0 radical (unpaired) electrons. The highest BCUT2D eigenvalue weighted by atomic mass is 16.8. The lowest BCUT2D eigenvalue weighted by molar-refractivity contribution is -0.363. The number of ether oxygens (including phenoxy) is 6. The quantitative estimate of drug-likeness (QED) is 0.564. The molecular formula is C19H24O7. The molecule has 0 N–H and O–H groups in total. The Morgan fingerprint density at radius 3 is 2.69 bits per heavy atom. The van der Waals surface area contributed by atoms with Crippen molar-refractivity contribution in [3.05, 3.63) is 48.6 Å². The van der Waals surface area contributed by atoms with E-state index in [1.54, 1.807) is 13.2 Å². The largest absolute Gasteiger partial charge is 0.454 e. The van der Waals surface area contributed by atoms with Crippen LogP contribution in [0.5, 0.6) is 0 Å². The second-order valence-corrected chi connectivity index (χ2v) is 6.12. The average molecular weight is 364 g/mol. The maximum absolute atomic E-state index is 11.6. The summed E-state index contributed by atoms with van der Waals surface area (Å²) in [5.41, 5.74) is 0.898. The Kier molecular flexibility index (Phi) is 6.39. The van der Waals surface area contributed by atoms with E-state index in [4.69, 9.17) is 28.4 Å². The third kappa shape index (κ3) is 4.13. The average Bonchev–Trinajstić information content (AvgIpc) is 2.66. The third-order valence-electron chi connectivity index (χ3n) is 4.31. The van der Waals surface area contributed by atoms with E-state index in [2.05, 4.69) is 6.58 Å². The molecule has 0 spiro atoms. The molecule has 142 valence electrons. The van der Waals surface area contributed by atoms with Crippen molar-refractivity contribution in [3.8, 4) is 0 Å². The van der Waals surface area contributed by atoms with E-state index in [0.29, 0.717) is 6.61 Å². The molecule has 3 rings (SSSR count). The molecule has 2 fully saturated rings. The Bertz CT molecular complexity index is 605. The second-order valence-electron chi connectivity index (χ2n) is 6.12. The first-order valence-corrected chi connectivity index (χ1v) is 8.54. The Balaban J connectivity index is 1.80. The van der Waals surface area contributed by atoms with Gasteiger partial charge in [-0.2, -0.15) is 0 Å². The Labute approximate surface area is 152 Å². The van der Waals surface area contributed by atoms with E-state index in [1.807, 2.05) is 30.3 Å². The van der Waals surface area contributed by atoms with Gasteiger partial charge >= 0.3 is 5.97 Å². The van der Waals surface area contributed by atoms with E-state index in [1.165, 1.54) is 6.92 Å². The molecule has 1 aromatic rings. The zero-order valence-corrected chi connectivity index (χ0v) is 14.9. The maximum atomic E-state index is 11.6. The number of rotatable bonds is 6. The molecule has 2 heterocycles. The van der Waals surface area contributed by atoms with Gasteiger partial charge in [0.25, 0.3) is 0 Å². The molecule has 7 heteroatoms. The van der Waals surface area contributed by atoms with Crippen LogP contribution in [-0.4, -0.2) is 57.0 Å². The van der Waals surface area contributed by atoms with E-state index in [9.17, 15) is 4.79 Å². The van der Waals surface area contributed by atoms with E-state index in [0.717, 1.165) is 5.56 Å². The van der Waals surface area contributed by atoms with Gasteiger partial charge in [-0.05, 0) is 0 Å². The SMILES string of the molecule is C=CCO[C@@H]1O[C@@H]2CO[C@@H](c3ccccc3)O[C@H]2[C@@H](OC)[C@@H]1OC(C)=O. The van der Waals surface area contributed by atoms with Gasteiger partial charge in [0.2, 0.25) is 0 Å². The van der Waals surface area contributed by atoms with Crippen molar-refractivity contribution in [2.45, 2.75) is 43.9 Å². The first kappa shape index (κ1) is 19.0. The summed E-state index contributed by atoms with van der Waals surface area (Å²) in [5, 5.41) is 0. The zero-order chi connectivity index (χ0) is 18.5. The van der Waals surface area contributed by atoms with E-state index in [-0.39, 0.29) is 6.61 Å². The Morgan fingerprint density at radius 1 is 1.27 bits per heavy atom. The fraction of sp³-hybridized carbons (Fsp3) is 0.526. The summed E-state index contributed by atoms with van der Waals surface area (Å²) >= 11 is 0. The molecule has 2 aliphatic rings. The monoisotopic (exact) mass is 364 g/mol. The van der Waals surface area contributed by atoms with Crippen LogP contribution in [0, 0.1) is 0 Å². The number of fused-ring (bicyclic) bond motifs is 1. The number of hydrogen-bond donors (Lipinski definition) is 0. The standard InChI is InChI=1S/C19H24O7/c1-4-10-22-19-17(24-12(2)20)16(21-3)15-14(25-19)11-23-18(26-15)13-8-6-5-7-9-13/h4-9,14-19H,1,10-11H2,2-3H3/t14-,15-,16-,17+,18-,19-/m1/s1. The summed E-state index contributed by atoms with van der Waals surface area (Å²) in [4.78, 5) is 11.6. The lowest BCUT2D eigenvalue weighted by Crippen LogP contribution is -2.63. The molecule has 6 atom stereocenters. The minimum atomic E-state index is -0.788. The fourth-order valence-corrected chi connectivity index (χ4v) is 3.21. The van der Waals surface area contributed by atoms with Gasteiger partial charge in [0.05, 0.1) is 13.2 Å². The normalized spacial score (nSPS) is 33.9. The number of esters is 1. The smallest absolute Gasteiger partial charge is 0.303 e. The molecule has 0 saturated carbocycles. The number of hydrogen-bond acceptors (Lipinski definition) is 7. The Morgan fingerprint density at radius 2 is 2.04 bits per heavy atom. The third-order valence-corrected chi connectivity index (χ3v) is 4.31. The van der Waals surface area contributed by atoms with E-state index >= 15 is 0 Å². The van der Waals surface area contributed by atoms with Crippen molar-refractivity contribution in [1.29, 1.82) is 0 Å². The molecular weight excluding hydrogens is 340 g/mol. The fourth-order valence-electron chi connectivity index (χ4n) is 3.21. The minimum Gasteiger partial charge on any atom is -0.454 e. The number of carbonyl (C=O) groups is 1. The number of carbonyl (C=O) groups excluding carboxylic acids is 1. The molecule has 0 amide bonds. The van der Waals surface area contributed by atoms with Crippen LogP contribution in [0.15, 0.2) is 43.0 Å². The molecule has 2 saturated heterocycles. The number of methoxy groups -OCH3 is 1. The number of benzene rings is 1. The summed E-state index contributed by atoms with van der Waals surface area (Å²) in [7, 11) is 1.55. The molecule has 0 aromatic heterocycles.